The summed E-state index contributed by atoms with van der Waals surface area (Å²) < 4.78 is 22.4. The van der Waals surface area contributed by atoms with Gasteiger partial charge in [0.2, 0.25) is 5.91 Å². The van der Waals surface area contributed by atoms with Crippen molar-refractivity contribution in [1.82, 2.24) is 30.8 Å². The number of nitrogens with one attached hydrogen (secondary N) is 2. The van der Waals surface area contributed by atoms with Gasteiger partial charge >= 0.3 is 0 Å². The maximum atomic E-state index is 13.3. The number of rotatable bonds is 18. The summed E-state index contributed by atoms with van der Waals surface area (Å²) in [6.07, 6.45) is 7.69. The number of ether oxygens (including phenoxy) is 4. The number of methoxy groups -OCH3 is 1. The molecule has 280 valence electrons. The van der Waals surface area contributed by atoms with Gasteiger partial charge in [-0.15, -0.1) is 10.2 Å². The van der Waals surface area contributed by atoms with Crippen molar-refractivity contribution in [3.63, 3.8) is 0 Å². The van der Waals surface area contributed by atoms with E-state index < -0.39 is 0 Å². The third-order valence-corrected chi connectivity index (χ3v) is 9.36. The van der Waals surface area contributed by atoms with Crippen LogP contribution >= 0.6 is 23.2 Å². The first-order valence-electron chi connectivity index (χ1n) is 18.1. The molecule has 11 nitrogen and oxygen atoms in total. The lowest BCUT2D eigenvalue weighted by molar-refractivity contribution is -0.137. The van der Waals surface area contributed by atoms with Gasteiger partial charge in [0, 0.05) is 39.3 Å². The standard InChI is InChI=1S/C24H36N6O3.C15H14Cl2O2/c1-32-11-3-5-18-13-19(15-22(14-18)33-12-4-7-23-26-28-29-27-23)17-30(21-8-9-21)24(31)20-6-2-10-25-16-20;1-11-9-13(16)15(14(17)10-11)19-8-7-18-12-5-3-2-4-6-12/h13-15,20-21,25H,2-12,16-17H2,1H3,(H,26,27,28,29);2-6,9-10H,7-8H2,1H3/t20-;/m1./s1. The fourth-order valence-corrected chi connectivity index (χ4v) is 6.79. The Morgan fingerprint density at radius 3 is 2.29 bits per heavy atom. The van der Waals surface area contributed by atoms with E-state index in [1.165, 1.54) is 5.56 Å². The zero-order chi connectivity index (χ0) is 36.5. The molecule has 52 heavy (non-hydrogen) atoms. The Balaban J connectivity index is 0.000000233. The molecule has 6 rings (SSSR count). The second-order valence-electron chi connectivity index (χ2n) is 13.2. The Hall–Kier alpha value is -3.90. The van der Waals surface area contributed by atoms with Crippen LogP contribution in [0.15, 0.2) is 60.7 Å². The monoisotopic (exact) mass is 752 g/mol. The fourth-order valence-electron chi connectivity index (χ4n) is 6.09. The van der Waals surface area contributed by atoms with Gasteiger partial charge in [0.15, 0.2) is 11.6 Å². The van der Waals surface area contributed by atoms with Crippen LogP contribution < -0.4 is 19.5 Å². The molecule has 0 radical (unpaired) electrons. The first-order chi connectivity index (χ1) is 25.4. The number of para-hydroxylation sites is 1. The Bertz CT molecular complexity index is 1630. The number of piperidine rings is 1. The summed E-state index contributed by atoms with van der Waals surface area (Å²) in [5, 5.41) is 18.5. The molecule has 1 amide bonds. The van der Waals surface area contributed by atoms with E-state index in [1.54, 1.807) is 7.11 Å². The molecule has 1 saturated heterocycles. The molecule has 1 atom stereocenters. The van der Waals surface area contributed by atoms with E-state index in [2.05, 4.69) is 49.0 Å². The van der Waals surface area contributed by atoms with E-state index in [1.807, 2.05) is 49.4 Å². The number of hydrogen-bond donors (Lipinski definition) is 2. The zero-order valence-electron chi connectivity index (χ0n) is 30.1. The smallest absolute Gasteiger partial charge is 0.227 e. The topological polar surface area (TPSA) is 124 Å². The van der Waals surface area contributed by atoms with Crippen molar-refractivity contribution in [2.45, 2.75) is 70.9 Å². The number of benzene rings is 3. The van der Waals surface area contributed by atoms with Crippen LogP contribution in [0, 0.1) is 12.8 Å². The minimum atomic E-state index is 0.102. The Labute approximate surface area is 316 Å². The summed E-state index contributed by atoms with van der Waals surface area (Å²) in [5.74, 6) is 3.28. The summed E-state index contributed by atoms with van der Waals surface area (Å²) >= 11 is 12.2. The first-order valence-corrected chi connectivity index (χ1v) is 18.9. The lowest BCUT2D eigenvalue weighted by Gasteiger charge is -2.30. The van der Waals surface area contributed by atoms with Gasteiger partial charge in [0.25, 0.3) is 0 Å². The van der Waals surface area contributed by atoms with E-state index in [0.29, 0.717) is 59.9 Å². The lowest BCUT2D eigenvalue weighted by Crippen LogP contribution is -2.43. The van der Waals surface area contributed by atoms with E-state index in [0.717, 1.165) is 93.7 Å². The van der Waals surface area contributed by atoms with Crippen molar-refractivity contribution in [3.05, 3.63) is 93.2 Å². The molecule has 1 saturated carbocycles. The summed E-state index contributed by atoms with van der Waals surface area (Å²) in [7, 11) is 1.73. The number of nitrogens with zero attached hydrogens (tertiary/aromatic N) is 4. The number of aromatic amines is 1. The highest BCUT2D eigenvalue weighted by atomic mass is 35.5. The average molecular weight is 754 g/mol. The molecule has 2 aliphatic rings. The minimum absolute atomic E-state index is 0.102. The number of amides is 1. The molecule has 2 fully saturated rings. The van der Waals surface area contributed by atoms with Crippen LogP contribution in [0.3, 0.4) is 0 Å². The molecule has 0 unspecified atom stereocenters. The van der Waals surface area contributed by atoms with E-state index in [9.17, 15) is 4.79 Å². The summed E-state index contributed by atoms with van der Waals surface area (Å²) in [6.45, 7) is 6.53. The van der Waals surface area contributed by atoms with Gasteiger partial charge in [-0.2, -0.15) is 5.21 Å². The highest BCUT2D eigenvalue weighted by Gasteiger charge is 2.36. The van der Waals surface area contributed by atoms with Crippen molar-refractivity contribution < 1.29 is 23.7 Å². The SMILES string of the molecule is COCCCc1cc(CN(C(=O)[C@@H]2CCCNC2)C2CC2)cc(OCCCc2nn[nH]n2)c1.Cc1cc(Cl)c(OCCOc2ccccc2)c(Cl)c1. The Kier molecular flexibility index (Phi) is 15.8. The predicted molar refractivity (Wildman–Crippen MR) is 202 cm³/mol. The van der Waals surface area contributed by atoms with Crippen LogP contribution in [0.4, 0.5) is 0 Å². The van der Waals surface area contributed by atoms with Crippen LogP contribution in [0.25, 0.3) is 0 Å². The molecule has 0 spiro atoms. The van der Waals surface area contributed by atoms with Gasteiger partial charge in [-0.1, -0.05) is 52.7 Å². The Morgan fingerprint density at radius 1 is 0.865 bits per heavy atom. The molecule has 1 aliphatic carbocycles. The van der Waals surface area contributed by atoms with Gasteiger partial charge in [-0.05, 0) is 112 Å². The van der Waals surface area contributed by atoms with Gasteiger partial charge in [-0.25, -0.2) is 0 Å². The maximum Gasteiger partial charge on any atom is 0.227 e. The number of hydrogen-bond acceptors (Lipinski definition) is 9. The van der Waals surface area contributed by atoms with Crippen LogP contribution in [0.2, 0.25) is 10.0 Å². The lowest BCUT2D eigenvalue weighted by atomic mass is 9.97. The van der Waals surface area contributed by atoms with Crippen LogP contribution in [-0.2, 0) is 28.9 Å². The molecule has 1 aliphatic heterocycles. The number of halogens is 2. The molecule has 4 aromatic rings. The molecule has 13 heteroatoms. The largest absolute Gasteiger partial charge is 0.494 e. The fraction of sp³-hybridized carbons (Fsp3) is 0.487. The van der Waals surface area contributed by atoms with Crippen LogP contribution in [-0.4, -0.2) is 84.1 Å². The summed E-state index contributed by atoms with van der Waals surface area (Å²) in [6, 6.07) is 20.0. The highest BCUT2D eigenvalue weighted by molar-refractivity contribution is 6.37. The summed E-state index contributed by atoms with van der Waals surface area (Å²) in [4.78, 5) is 15.4. The molecule has 3 aromatic carbocycles. The third kappa shape index (κ3) is 12.9. The maximum absolute atomic E-state index is 13.3. The average Bonchev–Trinajstić information content (AvgIpc) is 3.86. The third-order valence-electron chi connectivity index (χ3n) is 8.80. The van der Waals surface area contributed by atoms with Crippen LogP contribution in [0.5, 0.6) is 17.2 Å². The number of carbonyl (C=O) groups is 1. The molecule has 0 bridgehead atoms. The van der Waals surface area contributed by atoms with E-state index in [4.69, 9.17) is 42.1 Å². The van der Waals surface area contributed by atoms with Crippen molar-refractivity contribution in [2.75, 3.05) is 46.6 Å². The molecular formula is C39H50Cl2N6O5. The zero-order valence-corrected chi connectivity index (χ0v) is 31.6. The van der Waals surface area contributed by atoms with Gasteiger partial charge in [-0.3, -0.25) is 4.79 Å². The molecule has 1 aromatic heterocycles. The van der Waals surface area contributed by atoms with Gasteiger partial charge in [0.05, 0.1) is 22.6 Å². The number of tetrazole rings is 1. The second kappa shape index (κ2) is 21.0. The van der Waals surface area contributed by atoms with Crippen molar-refractivity contribution in [1.29, 1.82) is 0 Å². The number of carbonyl (C=O) groups excluding carboxylic acids is 1. The van der Waals surface area contributed by atoms with Crippen LogP contribution in [0.1, 0.15) is 61.0 Å². The normalized spacial score (nSPS) is 15.3. The minimum Gasteiger partial charge on any atom is -0.494 e. The number of aryl methyl sites for hydroxylation is 3. The number of aromatic nitrogens is 4. The highest BCUT2D eigenvalue weighted by Crippen LogP contribution is 2.34. The van der Waals surface area contributed by atoms with Crippen molar-refractivity contribution >= 4 is 29.1 Å². The van der Waals surface area contributed by atoms with Crippen molar-refractivity contribution in [3.8, 4) is 17.2 Å². The van der Waals surface area contributed by atoms with E-state index >= 15 is 0 Å². The number of H-pyrrole nitrogens is 1. The Morgan fingerprint density at radius 2 is 1.60 bits per heavy atom. The van der Waals surface area contributed by atoms with E-state index in [-0.39, 0.29) is 5.92 Å². The van der Waals surface area contributed by atoms with Gasteiger partial charge < -0.3 is 29.2 Å². The molecule has 2 N–H and O–H groups in total. The predicted octanol–water partition coefficient (Wildman–Crippen LogP) is 7.04. The quantitative estimate of drug-likeness (QED) is 0.103. The van der Waals surface area contributed by atoms with Crippen molar-refractivity contribution in [2.24, 2.45) is 5.92 Å². The second-order valence-corrected chi connectivity index (χ2v) is 14.0. The van der Waals surface area contributed by atoms with Gasteiger partial charge in [0.1, 0.15) is 24.7 Å². The first kappa shape index (κ1) is 39.3. The molecular weight excluding hydrogens is 703 g/mol. The summed E-state index contributed by atoms with van der Waals surface area (Å²) in [5.41, 5.74) is 3.37. The molecule has 2 heterocycles.